The summed E-state index contributed by atoms with van der Waals surface area (Å²) in [6.07, 6.45) is -4.03. The summed E-state index contributed by atoms with van der Waals surface area (Å²) in [5.74, 6) is -2.20. The molecule has 0 saturated heterocycles. The van der Waals surface area contributed by atoms with Gasteiger partial charge in [-0.25, -0.2) is 10.0 Å². The molecule has 11 heteroatoms. The molecule has 0 aliphatic heterocycles. The third-order valence-corrected chi connectivity index (χ3v) is 4.82. The van der Waals surface area contributed by atoms with Crippen LogP contribution in [0.5, 0.6) is 0 Å². The molecular formula is C21H31F3N4O4. The minimum Gasteiger partial charge on any atom is -0.344 e. The quantitative estimate of drug-likeness (QED) is 0.237. The number of carbonyl (C=O) groups is 3. The lowest BCUT2D eigenvalue weighted by Gasteiger charge is -2.32. The summed E-state index contributed by atoms with van der Waals surface area (Å²) in [5, 5.41) is 15.2. The van der Waals surface area contributed by atoms with Crippen LogP contribution in [0, 0.1) is 11.8 Å². The Morgan fingerprint density at radius 2 is 1.91 bits per heavy atom. The van der Waals surface area contributed by atoms with Crippen LogP contribution in [0.25, 0.3) is 0 Å². The maximum absolute atomic E-state index is 13.1. The topological polar surface area (TPSA) is 112 Å². The summed E-state index contributed by atoms with van der Waals surface area (Å²) in [4.78, 5) is 40.8. The smallest absolute Gasteiger partial charge is 0.344 e. The second kappa shape index (κ2) is 13.0. The highest BCUT2D eigenvalue weighted by Crippen LogP contribution is 2.28. The largest absolute Gasteiger partial charge is 0.389 e. The van der Waals surface area contributed by atoms with Crippen molar-refractivity contribution in [3.63, 3.8) is 0 Å². The Bertz CT molecular complexity index is 732. The van der Waals surface area contributed by atoms with E-state index in [0.717, 1.165) is 0 Å². The monoisotopic (exact) mass is 460 g/mol. The lowest BCUT2D eigenvalue weighted by molar-refractivity contribution is -0.178. The summed E-state index contributed by atoms with van der Waals surface area (Å²) in [5.41, 5.74) is 0. The first-order valence-electron chi connectivity index (χ1n) is 10.5. The van der Waals surface area contributed by atoms with Crippen molar-refractivity contribution < 1.29 is 32.8 Å². The molecule has 0 aromatic carbocycles. The summed E-state index contributed by atoms with van der Waals surface area (Å²) in [6.45, 7) is 5.34. The van der Waals surface area contributed by atoms with Gasteiger partial charge in [0.05, 0.1) is 12.0 Å². The fourth-order valence-electron chi connectivity index (χ4n) is 3.34. The molecule has 3 atom stereocenters. The Kier molecular flexibility index (Phi) is 11.1. The van der Waals surface area contributed by atoms with Crippen molar-refractivity contribution >= 4 is 24.0 Å². The molecule has 0 saturated carbocycles. The van der Waals surface area contributed by atoms with Gasteiger partial charge in [0.25, 0.3) is 0 Å². The van der Waals surface area contributed by atoms with E-state index in [0.29, 0.717) is 6.42 Å². The van der Waals surface area contributed by atoms with Crippen LogP contribution >= 0.6 is 0 Å². The van der Waals surface area contributed by atoms with E-state index >= 15 is 0 Å². The molecule has 3 N–H and O–H groups in total. The van der Waals surface area contributed by atoms with Gasteiger partial charge in [-0.1, -0.05) is 33.3 Å². The van der Waals surface area contributed by atoms with Crippen molar-refractivity contribution in [1.82, 2.24) is 15.4 Å². The predicted molar refractivity (Wildman–Crippen MR) is 111 cm³/mol. The van der Waals surface area contributed by atoms with Crippen LogP contribution in [0.3, 0.4) is 0 Å². The standard InChI is InChI=1S/C21H31F3N4O4/c1-4-7-16(20(31)27-18-8-5-6-11-25-18)26-19(30)15(12-14(2)3)17(28(32)13-29)9-10-21(22,23)24/h5-6,8,11,13-17,32H,4,7,9-10,12H2,1-3H3,(H,26,30)(H,25,27,31)/t15-,16+,17+/m1/s1. The average Bonchev–Trinajstić information content (AvgIpc) is 2.72. The molecule has 1 aromatic rings. The lowest BCUT2D eigenvalue weighted by atomic mass is 9.86. The highest BCUT2D eigenvalue weighted by Gasteiger charge is 2.38. The molecule has 1 aromatic heterocycles. The van der Waals surface area contributed by atoms with E-state index < -0.39 is 48.8 Å². The fourth-order valence-corrected chi connectivity index (χ4v) is 3.34. The number of amides is 3. The maximum Gasteiger partial charge on any atom is 0.389 e. The predicted octanol–water partition coefficient (Wildman–Crippen LogP) is 3.53. The molecule has 1 rings (SSSR count). The van der Waals surface area contributed by atoms with E-state index in [1.807, 2.05) is 6.92 Å². The zero-order valence-corrected chi connectivity index (χ0v) is 18.4. The van der Waals surface area contributed by atoms with Gasteiger partial charge in [-0.05, 0) is 37.3 Å². The second-order valence-corrected chi connectivity index (χ2v) is 8.00. The van der Waals surface area contributed by atoms with E-state index in [4.69, 9.17) is 0 Å². The van der Waals surface area contributed by atoms with E-state index in [1.165, 1.54) is 6.20 Å². The van der Waals surface area contributed by atoms with Gasteiger partial charge in [-0.3, -0.25) is 19.6 Å². The van der Waals surface area contributed by atoms with Gasteiger partial charge in [0.2, 0.25) is 18.2 Å². The number of hydrogen-bond donors (Lipinski definition) is 3. The van der Waals surface area contributed by atoms with Crippen LogP contribution in [0.15, 0.2) is 24.4 Å². The Hall–Kier alpha value is -2.69. The average molecular weight is 460 g/mol. The number of hydrogen-bond acceptors (Lipinski definition) is 5. The van der Waals surface area contributed by atoms with E-state index in [9.17, 15) is 32.8 Å². The number of halogens is 3. The van der Waals surface area contributed by atoms with Crippen molar-refractivity contribution in [1.29, 1.82) is 0 Å². The number of nitrogens with zero attached hydrogens (tertiary/aromatic N) is 2. The molecule has 0 radical (unpaired) electrons. The zero-order valence-electron chi connectivity index (χ0n) is 18.4. The zero-order chi connectivity index (χ0) is 24.3. The van der Waals surface area contributed by atoms with E-state index in [2.05, 4.69) is 15.6 Å². The van der Waals surface area contributed by atoms with Crippen LogP contribution in [-0.4, -0.2) is 51.7 Å². The Balaban J connectivity index is 3.06. The van der Waals surface area contributed by atoms with Crippen LogP contribution in [0.2, 0.25) is 0 Å². The van der Waals surface area contributed by atoms with Crippen LogP contribution in [0.1, 0.15) is 52.9 Å². The number of aromatic nitrogens is 1. The van der Waals surface area contributed by atoms with Gasteiger partial charge in [0.1, 0.15) is 11.9 Å². The highest BCUT2D eigenvalue weighted by atomic mass is 19.4. The minimum atomic E-state index is -4.52. The molecule has 0 aliphatic carbocycles. The first kappa shape index (κ1) is 27.3. The van der Waals surface area contributed by atoms with Crippen molar-refractivity contribution in [3.05, 3.63) is 24.4 Å². The first-order valence-corrected chi connectivity index (χ1v) is 10.5. The summed E-state index contributed by atoms with van der Waals surface area (Å²) < 4.78 is 38.4. The fraction of sp³-hybridized carbons (Fsp3) is 0.619. The Labute approximate surface area is 185 Å². The molecule has 0 unspecified atom stereocenters. The number of pyridine rings is 1. The molecule has 8 nitrogen and oxygen atoms in total. The number of rotatable bonds is 13. The second-order valence-electron chi connectivity index (χ2n) is 8.00. The van der Waals surface area contributed by atoms with Crippen LogP contribution in [-0.2, 0) is 14.4 Å². The number of carbonyl (C=O) groups excluding carboxylic acids is 3. The normalized spacial score (nSPS) is 14.4. The number of hydroxylamine groups is 2. The van der Waals surface area contributed by atoms with Crippen molar-refractivity contribution in [2.75, 3.05) is 5.32 Å². The number of alkyl halides is 3. The first-order chi connectivity index (χ1) is 15.0. The molecule has 180 valence electrons. The van der Waals surface area contributed by atoms with Gasteiger partial charge < -0.3 is 10.6 Å². The number of anilines is 1. The molecule has 0 aliphatic rings. The molecule has 0 spiro atoms. The molecular weight excluding hydrogens is 429 g/mol. The van der Waals surface area contributed by atoms with Crippen LogP contribution < -0.4 is 10.6 Å². The van der Waals surface area contributed by atoms with Gasteiger partial charge in [0, 0.05) is 12.6 Å². The molecule has 0 fully saturated rings. The maximum atomic E-state index is 13.1. The van der Waals surface area contributed by atoms with E-state index in [1.54, 1.807) is 32.0 Å². The SMILES string of the molecule is CCC[C@H](NC(=O)[C@H](CC(C)C)[C@H](CCC(F)(F)F)N(O)C=O)C(=O)Nc1ccccn1. The summed E-state index contributed by atoms with van der Waals surface area (Å²) >= 11 is 0. The molecule has 1 heterocycles. The van der Waals surface area contributed by atoms with Crippen molar-refractivity contribution in [3.8, 4) is 0 Å². The third kappa shape index (κ3) is 9.63. The van der Waals surface area contributed by atoms with Gasteiger partial charge in [-0.15, -0.1) is 0 Å². The van der Waals surface area contributed by atoms with Gasteiger partial charge >= 0.3 is 6.18 Å². The number of nitrogens with one attached hydrogen (secondary N) is 2. The summed E-state index contributed by atoms with van der Waals surface area (Å²) in [6, 6.07) is 2.57. The van der Waals surface area contributed by atoms with E-state index in [-0.39, 0.29) is 36.1 Å². The molecule has 3 amide bonds. The highest BCUT2D eigenvalue weighted by molar-refractivity contribution is 5.96. The molecule has 0 bridgehead atoms. The van der Waals surface area contributed by atoms with Crippen LogP contribution in [0.4, 0.5) is 19.0 Å². The van der Waals surface area contributed by atoms with Crippen molar-refractivity contribution in [2.24, 2.45) is 11.8 Å². The van der Waals surface area contributed by atoms with Gasteiger partial charge in [0.15, 0.2) is 0 Å². The molecule has 32 heavy (non-hydrogen) atoms. The lowest BCUT2D eigenvalue weighted by Crippen LogP contribution is -2.51. The Morgan fingerprint density at radius 1 is 1.22 bits per heavy atom. The Morgan fingerprint density at radius 3 is 2.41 bits per heavy atom. The minimum absolute atomic E-state index is 0.0149. The van der Waals surface area contributed by atoms with Crippen molar-refractivity contribution in [2.45, 2.75) is 71.1 Å². The third-order valence-electron chi connectivity index (χ3n) is 4.82. The van der Waals surface area contributed by atoms with Gasteiger partial charge in [-0.2, -0.15) is 13.2 Å². The summed E-state index contributed by atoms with van der Waals surface area (Å²) in [7, 11) is 0.